The van der Waals surface area contributed by atoms with E-state index in [4.69, 9.17) is 11.6 Å². The molecule has 6 heteroatoms. The summed E-state index contributed by atoms with van der Waals surface area (Å²) in [5.41, 5.74) is 2.10. The topological polar surface area (TPSA) is 71.8 Å². The number of hydrogen-bond donors (Lipinski definition) is 1. The third kappa shape index (κ3) is 2.64. The Hall–Kier alpha value is -2.66. The van der Waals surface area contributed by atoms with E-state index in [0.717, 1.165) is 16.6 Å². The van der Waals surface area contributed by atoms with Gasteiger partial charge in [0.1, 0.15) is 0 Å². The number of rotatable bonds is 3. The van der Waals surface area contributed by atoms with Crippen molar-refractivity contribution >= 4 is 40.3 Å². The molecular weight excluding hydrogens is 290 g/mol. The van der Waals surface area contributed by atoms with E-state index in [0.29, 0.717) is 10.6 Å². The molecule has 0 saturated carbocycles. The van der Waals surface area contributed by atoms with Crippen molar-refractivity contribution in [2.45, 2.75) is 0 Å². The highest BCUT2D eigenvalue weighted by Gasteiger charge is 2.12. The zero-order valence-electron chi connectivity index (χ0n) is 10.8. The molecule has 0 unspecified atom stereocenters. The van der Waals surface area contributed by atoms with Gasteiger partial charge in [0.05, 0.1) is 21.7 Å². The van der Waals surface area contributed by atoms with E-state index in [9.17, 15) is 10.1 Å². The van der Waals surface area contributed by atoms with Gasteiger partial charge in [-0.2, -0.15) is 5.10 Å². The second-order valence-corrected chi connectivity index (χ2v) is 4.88. The van der Waals surface area contributed by atoms with Crippen molar-refractivity contribution in [1.82, 2.24) is 10.2 Å². The number of halogens is 1. The summed E-state index contributed by atoms with van der Waals surface area (Å²) in [4.78, 5) is 10.6. The lowest BCUT2D eigenvalue weighted by Gasteiger charge is -1.98. The maximum absolute atomic E-state index is 11.0. The van der Waals surface area contributed by atoms with Gasteiger partial charge < -0.3 is 0 Å². The number of fused-ring (bicyclic) bond motifs is 1. The van der Waals surface area contributed by atoms with E-state index in [2.05, 4.69) is 10.2 Å². The third-order valence-corrected chi connectivity index (χ3v) is 3.34. The van der Waals surface area contributed by atoms with Gasteiger partial charge in [-0.15, -0.1) is 0 Å². The van der Waals surface area contributed by atoms with Crippen LogP contribution in [0.4, 0.5) is 5.69 Å². The van der Waals surface area contributed by atoms with E-state index in [-0.39, 0.29) is 5.69 Å². The van der Waals surface area contributed by atoms with E-state index in [1.54, 1.807) is 24.3 Å². The van der Waals surface area contributed by atoms with Crippen molar-refractivity contribution in [2.75, 3.05) is 0 Å². The maximum Gasteiger partial charge on any atom is 0.278 e. The monoisotopic (exact) mass is 299 g/mol. The van der Waals surface area contributed by atoms with Crippen molar-refractivity contribution in [2.24, 2.45) is 0 Å². The number of nitrogens with one attached hydrogen (secondary N) is 1. The number of aromatic nitrogens is 2. The summed E-state index contributed by atoms with van der Waals surface area (Å²) in [5.74, 6) is 0. The predicted octanol–water partition coefficient (Wildman–Crippen LogP) is 4.29. The Balaban J connectivity index is 2.02. The largest absolute Gasteiger partial charge is 0.278 e. The van der Waals surface area contributed by atoms with Gasteiger partial charge in [0.2, 0.25) is 0 Å². The summed E-state index contributed by atoms with van der Waals surface area (Å²) in [6.07, 6.45) is 3.41. The summed E-state index contributed by atoms with van der Waals surface area (Å²) in [7, 11) is 0. The SMILES string of the molecule is O=[N+]([O-])c1cc(Cl)ccc1C=Cc1n[nH]c2ccccc12. The molecule has 0 fully saturated rings. The maximum atomic E-state index is 11.0. The summed E-state index contributed by atoms with van der Waals surface area (Å²) >= 11 is 5.79. The lowest BCUT2D eigenvalue weighted by atomic mass is 10.1. The molecule has 104 valence electrons. The molecule has 0 atom stereocenters. The lowest BCUT2D eigenvalue weighted by Crippen LogP contribution is -1.91. The fraction of sp³-hybridized carbons (Fsp3) is 0. The molecule has 0 radical (unpaired) electrons. The number of para-hydroxylation sites is 1. The molecule has 1 N–H and O–H groups in total. The van der Waals surface area contributed by atoms with Crippen molar-refractivity contribution in [1.29, 1.82) is 0 Å². The molecular formula is C15H10ClN3O2. The summed E-state index contributed by atoms with van der Waals surface area (Å²) < 4.78 is 0. The predicted molar refractivity (Wildman–Crippen MR) is 83.1 cm³/mol. The first-order valence-corrected chi connectivity index (χ1v) is 6.58. The Morgan fingerprint density at radius 1 is 1.19 bits per heavy atom. The molecule has 1 heterocycles. The highest BCUT2D eigenvalue weighted by Crippen LogP contribution is 2.25. The highest BCUT2D eigenvalue weighted by atomic mass is 35.5. The van der Waals surface area contributed by atoms with Gasteiger partial charge in [0.25, 0.3) is 5.69 Å². The Morgan fingerprint density at radius 3 is 2.81 bits per heavy atom. The number of benzene rings is 2. The molecule has 0 aliphatic rings. The van der Waals surface area contributed by atoms with Crippen molar-refractivity contribution < 1.29 is 4.92 Å². The fourth-order valence-corrected chi connectivity index (χ4v) is 2.26. The Bertz CT molecular complexity index is 855. The minimum absolute atomic E-state index is 0.0291. The second-order valence-electron chi connectivity index (χ2n) is 4.45. The number of nitro groups is 1. The first kappa shape index (κ1) is 13.3. The molecule has 5 nitrogen and oxygen atoms in total. The van der Waals surface area contributed by atoms with Crippen LogP contribution in [0.2, 0.25) is 5.02 Å². The van der Waals surface area contributed by atoms with E-state index < -0.39 is 4.92 Å². The molecule has 3 aromatic rings. The zero-order chi connectivity index (χ0) is 14.8. The van der Waals surface area contributed by atoms with Crippen LogP contribution in [0.3, 0.4) is 0 Å². The minimum Gasteiger partial charge on any atom is -0.277 e. The first-order chi connectivity index (χ1) is 10.1. The summed E-state index contributed by atoms with van der Waals surface area (Å²) in [6.45, 7) is 0. The number of hydrogen-bond acceptors (Lipinski definition) is 3. The van der Waals surface area contributed by atoms with Crippen LogP contribution in [0, 0.1) is 10.1 Å². The van der Waals surface area contributed by atoms with Crippen LogP contribution in [-0.4, -0.2) is 15.1 Å². The molecule has 0 saturated heterocycles. The smallest absolute Gasteiger partial charge is 0.277 e. The van der Waals surface area contributed by atoms with Gasteiger partial charge in [-0.25, -0.2) is 0 Å². The molecule has 2 aromatic carbocycles. The van der Waals surface area contributed by atoms with Crippen molar-refractivity contribution in [3.05, 3.63) is 68.9 Å². The van der Waals surface area contributed by atoms with Crippen LogP contribution in [0.25, 0.3) is 23.1 Å². The molecule has 0 aliphatic heterocycles. The molecule has 3 rings (SSSR count). The van der Waals surface area contributed by atoms with Crippen LogP contribution < -0.4 is 0 Å². The van der Waals surface area contributed by atoms with Gasteiger partial charge in [-0.1, -0.05) is 29.8 Å². The standard InChI is InChI=1S/C15H10ClN3O2/c16-11-7-5-10(15(9-11)19(20)21)6-8-14-12-3-1-2-4-13(12)17-18-14/h1-9H,(H,17,18). The minimum atomic E-state index is -0.450. The Kier molecular flexibility index (Phi) is 3.41. The van der Waals surface area contributed by atoms with Crippen LogP contribution in [0.1, 0.15) is 11.3 Å². The molecule has 0 spiro atoms. The molecule has 1 aromatic heterocycles. The molecule has 0 amide bonds. The number of H-pyrrole nitrogens is 1. The average molecular weight is 300 g/mol. The lowest BCUT2D eigenvalue weighted by molar-refractivity contribution is -0.385. The zero-order valence-corrected chi connectivity index (χ0v) is 11.5. The Labute approximate surface area is 125 Å². The quantitative estimate of drug-likeness (QED) is 0.579. The molecule has 0 bridgehead atoms. The van der Waals surface area contributed by atoms with E-state index in [1.807, 2.05) is 24.3 Å². The fourth-order valence-electron chi connectivity index (χ4n) is 2.10. The van der Waals surface area contributed by atoms with E-state index in [1.165, 1.54) is 6.07 Å². The first-order valence-electron chi connectivity index (χ1n) is 6.20. The van der Waals surface area contributed by atoms with Gasteiger partial charge in [0, 0.05) is 16.5 Å². The van der Waals surface area contributed by atoms with Crippen molar-refractivity contribution in [3.8, 4) is 0 Å². The molecule has 0 aliphatic carbocycles. The number of nitro benzene ring substituents is 1. The van der Waals surface area contributed by atoms with Crippen LogP contribution in [0.5, 0.6) is 0 Å². The normalized spacial score (nSPS) is 11.3. The summed E-state index contributed by atoms with van der Waals surface area (Å²) in [5, 5.41) is 19.4. The highest BCUT2D eigenvalue weighted by molar-refractivity contribution is 6.30. The van der Waals surface area contributed by atoms with Gasteiger partial charge in [-0.05, 0) is 30.4 Å². The van der Waals surface area contributed by atoms with Gasteiger partial charge in [0.15, 0.2) is 0 Å². The average Bonchev–Trinajstić information content (AvgIpc) is 2.89. The van der Waals surface area contributed by atoms with Crippen molar-refractivity contribution in [3.63, 3.8) is 0 Å². The Morgan fingerprint density at radius 2 is 2.00 bits per heavy atom. The molecule has 21 heavy (non-hydrogen) atoms. The summed E-state index contributed by atoms with van der Waals surface area (Å²) in [6, 6.07) is 12.3. The van der Waals surface area contributed by atoms with Crippen LogP contribution in [0.15, 0.2) is 42.5 Å². The van der Waals surface area contributed by atoms with E-state index >= 15 is 0 Å². The van der Waals surface area contributed by atoms with Crippen LogP contribution in [-0.2, 0) is 0 Å². The number of aromatic amines is 1. The van der Waals surface area contributed by atoms with Gasteiger partial charge >= 0.3 is 0 Å². The van der Waals surface area contributed by atoms with Crippen LogP contribution >= 0.6 is 11.6 Å². The number of nitrogens with zero attached hydrogens (tertiary/aromatic N) is 2. The third-order valence-electron chi connectivity index (χ3n) is 3.11. The second kappa shape index (κ2) is 5.38. The van der Waals surface area contributed by atoms with Gasteiger partial charge in [-0.3, -0.25) is 15.2 Å².